The number of halogens is 1. The van der Waals surface area contributed by atoms with Gasteiger partial charge in [0.05, 0.1) is 0 Å². The van der Waals surface area contributed by atoms with E-state index in [1.165, 1.54) is 0 Å². The van der Waals surface area contributed by atoms with Gasteiger partial charge in [-0.25, -0.2) is 0 Å². The molecule has 0 aliphatic heterocycles. The van der Waals surface area contributed by atoms with Gasteiger partial charge in [0.2, 0.25) is 0 Å². The smallest absolute Gasteiger partial charge is 0.394 e. The van der Waals surface area contributed by atoms with Crippen LogP contribution in [-0.2, 0) is 15.0 Å². The molecular formula is H19ClN5O11PS. The molecule has 0 saturated carbocycles. The maximum absolute atomic E-state index is 8.74. The van der Waals surface area contributed by atoms with Gasteiger partial charge in [-0.15, -0.1) is 10.1 Å². The van der Waals surface area contributed by atoms with Crippen molar-refractivity contribution in [1.82, 2.24) is 24.6 Å². The Kier molecular flexibility index (Phi) is 61.1. The Labute approximate surface area is 113 Å². The molecule has 0 spiro atoms. The van der Waals surface area contributed by atoms with Gasteiger partial charge in [-0.3, -0.25) is 9.11 Å². The Bertz CT molecular complexity index is 276. The van der Waals surface area contributed by atoms with Crippen molar-refractivity contribution in [3.63, 3.8) is 0 Å². The molecule has 0 fully saturated rings. The van der Waals surface area contributed by atoms with E-state index < -0.39 is 23.3 Å². The largest absolute Gasteiger partial charge is 1.00 e. The van der Waals surface area contributed by atoms with E-state index in [1.54, 1.807) is 0 Å². The van der Waals surface area contributed by atoms with Crippen molar-refractivity contribution in [3.05, 3.63) is 10.1 Å². The van der Waals surface area contributed by atoms with Crippen molar-refractivity contribution in [2.24, 2.45) is 0 Å². The molecule has 0 aromatic rings. The van der Waals surface area contributed by atoms with Crippen molar-refractivity contribution < 1.29 is 59.5 Å². The zero-order valence-corrected chi connectivity index (χ0v) is 12.8. The fourth-order valence-electron chi connectivity index (χ4n) is 0. The molecule has 0 unspecified atom stereocenters. The zero-order valence-electron chi connectivity index (χ0n) is 10.3. The number of hydrogen-bond donors (Lipinski definition) is 7. The van der Waals surface area contributed by atoms with E-state index in [0.29, 0.717) is 0 Å². The lowest BCUT2D eigenvalue weighted by atomic mass is 13.1. The number of rotatable bonds is 0. The van der Waals surface area contributed by atoms with Crippen LogP contribution in [0.3, 0.4) is 0 Å². The average Bonchev–Trinajstić information content (AvgIpc) is 1.45. The fourth-order valence-corrected chi connectivity index (χ4v) is 0. The van der Waals surface area contributed by atoms with Crippen LogP contribution in [0.2, 0.25) is 0 Å². The van der Waals surface area contributed by atoms with Crippen LogP contribution >= 0.6 is 7.82 Å². The summed E-state index contributed by atoms with van der Waals surface area (Å²) >= 11 is 0. The fraction of sp³-hybridized carbons (Fsp3) is 0. The summed E-state index contributed by atoms with van der Waals surface area (Å²) in [5.74, 6) is 0. The Morgan fingerprint density at radius 3 is 0.947 bits per heavy atom. The summed E-state index contributed by atoms with van der Waals surface area (Å²) in [6, 6.07) is 0. The topological polar surface area (TPSA) is 370 Å². The van der Waals surface area contributed by atoms with Gasteiger partial charge in [-0.1, -0.05) is 0 Å². The molecule has 0 aliphatic carbocycles. The monoisotopic (exact) mass is 363 g/mol. The van der Waals surface area contributed by atoms with Gasteiger partial charge in [0.25, 0.3) is 5.09 Å². The van der Waals surface area contributed by atoms with E-state index in [2.05, 4.69) is 0 Å². The molecule has 0 atom stereocenters. The highest BCUT2D eigenvalue weighted by Gasteiger charge is 1.84. The second-order valence-corrected chi connectivity index (χ2v) is 2.92. The molecule has 0 bridgehead atoms. The minimum absolute atomic E-state index is 0. The number of phosphoric acid groups is 1. The first kappa shape index (κ1) is 51.6. The predicted octanol–water partition coefficient (Wildman–Crippen LogP) is -5.32. The average molecular weight is 364 g/mol. The number of hydrogen-bond acceptors (Lipinski definition) is 8. The van der Waals surface area contributed by atoms with Gasteiger partial charge < -0.3 is 61.5 Å². The minimum Gasteiger partial charge on any atom is -1.00 e. The molecule has 0 heterocycles. The molecule has 0 aromatic heterocycles. The van der Waals surface area contributed by atoms with Crippen LogP contribution in [0.4, 0.5) is 0 Å². The van der Waals surface area contributed by atoms with Gasteiger partial charge in [0.15, 0.2) is 0 Å². The van der Waals surface area contributed by atoms with Crippen LogP contribution in [0.1, 0.15) is 0 Å². The summed E-state index contributed by atoms with van der Waals surface area (Å²) < 4.78 is 40.1. The molecule has 19 heteroatoms. The SMILES string of the molecule is O=P([O-])([O-])[O-].O=S(=O)(O)O.O=[N+]([O-])O.[Cl-].[NH4+].[NH4+].[NH4+].[NH4+]. The van der Waals surface area contributed by atoms with E-state index >= 15 is 0 Å². The quantitative estimate of drug-likeness (QED) is 0.0920. The summed E-state index contributed by atoms with van der Waals surface area (Å²) in [5, 5.41) is 13.6. The lowest BCUT2D eigenvalue weighted by molar-refractivity contribution is -0.742. The first-order valence-corrected chi connectivity index (χ1v) is 4.85. The molecule has 0 rings (SSSR count). The van der Waals surface area contributed by atoms with Crippen molar-refractivity contribution in [2.45, 2.75) is 0 Å². The molecule has 0 aromatic carbocycles. The molecule has 0 saturated heterocycles. The van der Waals surface area contributed by atoms with Gasteiger partial charge >= 0.3 is 10.4 Å². The summed E-state index contributed by atoms with van der Waals surface area (Å²) in [7, 11) is -10.1. The van der Waals surface area contributed by atoms with Gasteiger partial charge in [0, 0.05) is 0 Å². The predicted molar refractivity (Wildman–Crippen MR) is 54.5 cm³/mol. The highest BCUT2D eigenvalue weighted by Crippen LogP contribution is 2.03. The van der Waals surface area contributed by atoms with Gasteiger partial charge in [-0.05, 0) is 0 Å². The summed E-state index contributed by atoms with van der Waals surface area (Å²) in [5.41, 5.74) is 0. The maximum Gasteiger partial charge on any atom is 0.394 e. The standard InChI is InChI=1S/ClH.HNO3.4H3N.H3O4P.H2O4S/c;2-1(3)4;;;;;2*1-5(2,3)4/h1H;(H,2,3,4);4*1H3;(H3,1,2,3,4);(H2,1,2,3,4). The van der Waals surface area contributed by atoms with E-state index in [1.807, 2.05) is 0 Å². The molecule has 19 heavy (non-hydrogen) atoms. The third kappa shape index (κ3) is 8520. The normalized spacial score (nSPS) is 7.42. The Morgan fingerprint density at radius 1 is 0.947 bits per heavy atom. The summed E-state index contributed by atoms with van der Waals surface area (Å²) in [6.45, 7) is 0. The molecule has 0 amide bonds. The van der Waals surface area contributed by atoms with Crippen LogP contribution in [0, 0.1) is 10.1 Å². The van der Waals surface area contributed by atoms with Crippen LogP contribution in [0.5, 0.6) is 0 Å². The van der Waals surface area contributed by atoms with Crippen molar-refractivity contribution >= 4 is 18.2 Å². The lowest BCUT2D eigenvalue weighted by Gasteiger charge is -2.36. The molecule has 0 aliphatic rings. The van der Waals surface area contributed by atoms with Crippen LogP contribution < -0.4 is 51.7 Å². The molecular weight excluding hydrogens is 345 g/mol. The molecule has 0 radical (unpaired) electrons. The van der Waals surface area contributed by atoms with E-state index in [0.717, 1.165) is 0 Å². The Hall–Kier alpha value is -0.690. The van der Waals surface area contributed by atoms with Crippen LogP contribution in [0.15, 0.2) is 0 Å². The molecule has 19 N–H and O–H groups in total. The first-order chi connectivity index (χ1) is 5.73. The Morgan fingerprint density at radius 2 is 0.947 bits per heavy atom. The van der Waals surface area contributed by atoms with Crippen molar-refractivity contribution in [3.8, 4) is 0 Å². The van der Waals surface area contributed by atoms with Crippen molar-refractivity contribution in [1.29, 1.82) is 0 Å². The number of nitrogens with zero attached hydrogens (tertiary/aromatic N) is 1. The van der Waals surface area contributed by atoms with E-state index in [-0.39, 0.29) is 37.0 Å². The van der Waals surface area contributed by atoms with Crippen LogP contribution in [-0.4, -0.2) is 27.8 Å². The highest BCUT2D eigenvalue weighted by molar-refractivity contribution is 7.79. The summed E-state index contributed by atoms with van der Waals surface area (Å²) in [6.07, 6.45) is 0. The first-order valence-electron chi connectivity index (χ1n) is 1.99. The van der Waals surface area contributed by atoms with Gasteiger partial charge in [0.1, 0.15) is 0 Å². The second kappa shape index (κ2) is 22.5. The van der Waals surface area contributed by atoms with Gasteiger partial charge in [-0.2, -0.15) is 16.2 Å². The second-order valence-electron chi connectivity index (χ2n) is 1.13. The lowest BCUT2D eigenvalue weighted by Crippen LogP contribution is -3.00. The highest BCUT2D eigenvalue weighted by atomic mass is 35.5. The minimum atomic E-state index is -5.39. The van der Waals surface area contributed by atoms with Crippen LogP contribution in [0.25, 0.3) is 0 Å². The molecule has 128 valence electrons. The maximum atomic E-state index is 8.74. The van der Waals surface area contributed by atoms with Crippen molar-refractivity contribution in [2.75, 3.05) is 0 Å². The van der Waals surface area contributed by atoms with E-state index in [4.69, 9.17) is 52.1 Å². The van der Waals surface area contributed by atoms with E-state index in [9.17, 15) is 0 Å². The third-order valence-corrected chi connectivity index (χ3v) is 0. The Balaban J connectivity index is -0.0000000141. The zero-order chi connectivity index (χ0) is 12.6. The third-order valence-electron chi connectivity index (χ3n) is 0. The summed E-state index contributed by atoms with van der Waals surface area (Å²) in [4.78, 5) is 34.0. The number of quaternary nitrogens is 4. The molecule has 16 nitrogen and oxygen atoms in total.